The molecule has 0 aliphatic carbocycles. The van der Waals surface area contributed by atoms with E-state index in [1.807, 2.05) is 32.2 Å². The Kier molecular flexibility index (Phi) is 6.81. The summed E-state index contributed by atoms with van der Waals surface area (Å²) in [6.45, 7) is 7.84. The lowest BCUT2D eigenvalue weighted by Gasteiger charge is -2.20. The van der Waals surface area contributed by atoms with E-state index in [-0.39, 0.29) is 30.4 Å². The zero-order valence-electron chi connectivity index (χ0n) is 17.3. The third kappa shape index (κ3) is 4.21. The predicted octanol–water partition coefficient (Wildman–Crippen LogP) is 4.03. The van der Waals surface area contributed by atoms with Crippen molar-refractivity contribution in [1.29, 1.82) is 0 Å². The molecule has 7 heteroatoms. The molecule has 0 saturated heterocycles. The molecule has 0 saturated carbocycles. The fourth-order valence-electron chi connectivity index (χ4n) is 4.02. The van der Waals surface area contributed by atoms with E-state index in [1.165, 1.54) is 16.7 Å². The highest BCUT2D eigenvalue weighted by atomic mass is 35.5. The van der Waals surface area contributed by atoms with Gasteiger partial charge in [-0.2, -0.15) is 0 Å². The number of nitrogens with one attached hydrogen (secondary N) is 3. The van der Waals surface area contributed by atoms with Crippen molar-refractivity contribution in [2.45, 2.75) is 40.3 Å². The van der Waals surface area contributed by atoms with Crippen molar-refractivity contribution in [3.8, 4) is 10.4 Å². The number of aromatic amines is 1. The van der Waals surface area contributed by atoms with Crippen LogP contribution >= 0.6 is 23.7 Å². The summed E-state index contributed by atoms with van der Waals surface area (Å²) in [5, 5.41) is 8.26. The van der Waals surface area contributed by atoms with Crippen LogP contribution in [0.4, 0.5) is 0 Å². The molecule has 1 aliphatic rings. The minimum atomic E-state index is -0.143. The molecule has 3 aromatic rings. The zero-order valence-corrected chi connectivity index (χ0v) is 19.0. The smallest absolute Gasteiger partial charge is 0.253 e. The zero-order chi connectivity index (χ0) is 20.5. The van der Waals surface area contributed by atoms with Crippen LogP contribution in [-0.4, -0.2) is 17.4 Å². The van der Waals surface area contributed by atoms with Gasteiger partial charge >= 0.3 is 0 Å². The van der Waals surface area contributed by atoms with Crippen LogP contribution < -0.4 is 16.2 Å². The number of aryl methyl sites for hydroxylation is 2. The number of pyridine rings is 1. The van der Waals surface area contributed by atoms with E-state index in [0.29, 0.717) is 11.1 Å². The second-order valence-electron chi connectivity index (χ2n) is 7.60. The Morgan fingerprint density at radius 1 is 1.23 bits per heavy atom. The van der Waals surface area contributed by atoms with Gasteiger partial charge in [0.1, 0.15) is 0 Å². The maximum absolute atomic E-state index is 12.8. The standard InChI is InChI=1S/C23H25N3O2S.ClH/c1-13-9-14(2)26-23(28)19(13)11-25-22(27)20-12-29-21(15(20)3)18-6-4-5-16-10-24-8-7-17(16)18;/h4-6,9,12,24H,7-8,10-11H2,1-3H3,(H,25,27)(H,26,28);1H. The number of halogens is 1. The number of fused-ring (bicyclic) bond motifs is 1. The van der Waals surface area contributed by atoms with Crippen molar-refractivity contribution in [3.05, 3.63) is 79.1 Å². The number of aromatic nitrogens is 1. The van der Waals surface area contributed by atoms with Crippen LogP contribution in [0.5, 0.6) is 0 Å². The topological polar surface area (TPSA) is 74.0 Å². The van der Waals surface area contributed by atoms with Crippen molar-refractivity contribution in [2.75, 3.05) is 6.54 Å². The SMILES string of the molecule is Cc1cc(C)c(CNC(=O)c2csc(-c3cccc4c3CCNC4)c2C)c(=O)[nH]1.Cl. The molecule has 0 bridgehead atoms. The van der Waals surface area contributed by atoms with Gasteiger partial charge < -0.3 is 15.6 Å². The molecule has 4 rings (SSSR count). The molecule has 0 radical (unpaired) electrons. The van der Waals surface area contributed by atoms with E-state index in [1.54, 1.807) is 11.3 Å². The lowest BCUT2D eigenvalue weighted by atomic mass is 9.93. The quantitative estimate of drug-likeness (QED) is 0.570. The van der Waals surface area contributed by atoms with Crippen molar-refractivity contribution in [1.82, 2.24) is 15.6 Å². The summed E-state index contributed by atoms with van der Waals surface area (Å²) >= 11 is 1.61. The molecule has 30 heavy (non-hydrogen) atoms. The number of amides is 1. The van der Waals surface area contributed by atoms with Crippen LogP contribution in [0, 0.1) is 20.8 Å². The van der Waals surface area contributed by atoms with Gasteiger partial charge in [0.05, 0.1) is 5.56 Å². The molecule has 5 nitrogen and oxygen atoms in total. The van der Waals surface area contributed by atoms with Crippen LogP contribution in [0.1, 0.15) is 43.9 Å². The minimum Gasteiger partial charge on any atom is -0.348 e. The number of carbonyl (C=O) groups excluding carboxylic acids is 1. The first-order chi connectivity index (χ1) is 14.0. The summed E-state index contributed by atoms with van der Waals surface area (Å²) < 4.78 is 0. The Morgan fingerprint density at radius 2 is 2.03 bits per heavy atom. The molecule has 3 N–H and O–H groups in total. The molecule has 0 spiro atoms. The number of benzene rings is 1. The van der Waals surface area contributed by atoms with E-state index < -0.39 is 0 Å². The molecule has 158 valence electrons. The minimum absolute atomic E-state index is 0. The third-order valence-electron chi connectivity index (χ3n) is 5.59. The lowest BCUT2D eigenvalue weighted by Crippen LogP contribution is -2.28. The van der Waals surface area contributed by atoms with Crippen molar-refractivity contribution in [2.24, 2.45) is 0 Å². The molecular weight excluding hydrogens is 418 g/mol. The number of H-pyrrole nitrogens is 1. The average molecular weight is 444 g/mol. The highest BCUT2D eigenvalue weighted by molar-refractivity contribution is 7.14. The fourth-order valence-corrected chi connectivity index (χ4v) is 5.14. The fraction of sp³-hybridized carbons (Fsp3) is 0.304. The Bertz CT molecular complexity index is 1150. The highest BCUT2D eigenvalue weighted by Gasteiger charge is 2.20. The third-order valence-corrected chi connectivity index (χ3v) is 6.70. The first-order valence-electron chi connectivity index (χ1n) is 9.83. The monoisotopic (exact) mass is 443 g/mol. The van der Waals surface area contributed by atoms with Gasteiger partial charge in [0.25, 0.3) is 11.5 Å². The second kappa shape index (κ2) is 9.16. The number of hydrogen-bond donors (Lipinski definition) is 3. The Morgan fingerprint density at radius 3 is 2.80 bits per heavy atom. The van der Waals surface area contributed by atoms with Crippen LogP contribution in [0.15, 0.2) is 34.4 Å². The summed E-state index contributed by atoms with van der Waals surface area (Å²) in [5.74, 6) is -0.143. The van der Waals surface area contributed by atoms with E-state index in [4.69, 9.17) is 0 Å². The Labute approximate surface area is 186 Å². The summed E-state index contributed by atoms with van der Waals surface area (Å²) in [4.78, 5) is 29.0. The summed E-state index contributed by atoms with van der Waals surface area (Å²) in [5.41, 5.74) is 7.78. The van der Waals surface area contributed by atoms with Crippen LogP contribution in [0.2, 0.25) is 0 Å². The Hall–Kier alpha value is -2.41. The predicted molar refractivity (Wildman–Crippen MR) is 125 cm³/mol. The van der Waals surface area contributed by atoms with E-state index in [0.717, 1.165) is 41.2 Å². The van der Waals surface area contributed by atoms with Gasteiger partial charge in [0.2, 0.25) is 0 Å². The number of hydrogen-bond acceptors (Lipinski definition) is 4. The molecule has 0 unspecified atom stereocenters. The first-order valence-corrected chi connectivity index (χ1v) is 10.7. The van der Waals surface area contributed by atoms with Crippen LogP contribution in [0.3, 0.4) is 0 Å². The maximum Gasteiger partial charge on any atom is 0.253 e. The van der Waals surface area contributed by atoms with Crippen molar-refractivity contribution >= 4 is 29.7 Å². The molecule has 0 atom stereocenters. The largest absolute Gasteiger partial charge is 0.348 e. The summed E-state index contributed by atoms with van der Waals surface area (Å²) in [7, 11) is 0. The van der Waals surface area contributed by atoms with E-state index in [2.05, 4.69) is 33.8 Å². The van der Waals surface area contributed by atoms with Crippen LogP contribution in [-0.2, 0) is 19.5 Å². The highest BCUT2D eigenvalue weighted by Crippen LogP contribution is 2.36. The molecule has 1 aliphatic heterocycles. The summed E-state index contributed by atoms with van der Waals surface area (Å²) in [6.07, 6.45) is 1.000. The maximum atomic E-state index is 12.8. The van der Waals surface area contributed by atoms with Gasteiger partial charge in [0, 0.05) is 34.6 Å². The molecule has 2 aromatic heterocycles. The average Bonchev–Trinajstić information content (AvgIpc) is 3.08. The van der Waals surface area contributed by atoms with Gasteiger partial charge in [-0.25, -0.2) is 0 Å². The molecular formula is C23H26ClN3O2S. The second-order valence-corrected chi connectivity index (χ2v) is 8.48. The van der Waals surface area contributed by atoms with E-state index >= 15 is 0 Å². The first kappa shape index (κ1) is 22.3. The number of rotatable bonds is 4. The van der Waals surface area contributed by atoms with Crippen molar-refractivity contribution in [3.63, 3.8) is 0 Å². The van der Waals surface area contributed by atoms with Gasteiger partial charge in [-0.3, -0.25) is 9.59 Å². The van der Waals surface area contributed by atoms with Gasteiger partial charge in [0.15, 0.2) is 0 Å². The molecule has 3 heterocycles. The number of carbonyl (C=O) groups is 1. The summed E-state index contributed by atoms with van der Waals surface area (Å²) in [6, 6.07) is 8.33. The van der Waals surface area contributed by atoms with Crippen LogP contribution in [0.25, 0.3) is 10.4 Å². The van der Waals surface area contributed by atoms with E-state index in [9.17, 15) is 9.59 Å². The normalized spacial score (nSPS) is 12.8. The van der Waals surface area contributed by atoms with Gasteiger partial charge in [-0.15, -0.1) is 23.7 Å². The van der Waals surface area contributed by atoms with Gasteiger partial charge in [-0.1, -0.05) is 18.2 Å². The molecule has 1 aromatic carbocycles. The number of thiophene rings is 1. The Balaban J connectivity index is 0.00000256. The lowest BCUT2D eigenvalue weighted by molar-refractivity contribution is 0.0950. The molecule has 1 amide bonds. The van der Waals surface area contributed by atoms with Crippen molar-refractivity contribution < 1.29 is 4.79 Å². The molecule has 0 fully saturated rings. The van der Waals surface area contributed by atoms with Gasteiger partial charge in [-0.05, 0) is 67.6 Å².